The van der Waals surface area contributed by atoms with Gasteiger partial charge in [-0.05, 0) is 58.7 Å². The first-order chi connectivity index (χ1) is 14.8. The highest BCUT2D eigenvalue weighted by Gasteiger charge is 2.25. The molecule has 0 unspecified atom stereocenters. The molecule has 2 N–H and O–H groups in total. The maximum Gasteiger partial charge on any atom is 0.271 e. The van der Waals surface area contributed by atoms with Crippen molar-refractivity contribution in [3.05, 3.63) is 33.9 Å². The summed E-state index contributed by atoms with van der Waals surface area (Å²) in [5, 5.41) is 16.7. The predicted molar refractivity (Wildman–Crippen MR) is 119 cm³/mol. The standard InChI is InChI=1S/C22H34N4O5/c1-16(2)31-14-4-10-23-22(28)18-7-11-25(12-8-18)13-9-21(27)24-20-15-19(26(29)30)6-5-17(20)3/h5-6,15-16,18H,4,7-14H2,1-3H3,(H,23,28)(H,24,27). The predicted octanol–water partition coefficient (Wildman–Crippen LogP) is 2.88. The largest absolute Gasteiger partial charge is 0.379 e. The van der Waals surface area contributed by atoms with Gasteiger partial charge in [0, 0.05) is 44.2 Å². The summed E-state index contributed by atoms with van der Waals surface area (Å²) in [6.07, 6.45) is 2.87. The molecule has 0 aliphatic carbocycles. The van der Waals surface area contributed by atoms with Crippen molar-refractivity contribution in [3.8, 4) is 0 Å². The summed E-state index contributed by atoms with van der Waals surface area (Å²) >= 11 is 0. The molecule has 2 rings (SSSR count). The van der Waals surface area contributed by atoms with Crippen LogP contribution in [0.1, 0.15) is 45.1 Å². The van der Waals surface area contributed by atoms with Gasteiger partial charge in [-0.15, -0.1) is 0 Å². The van der Waals surface area contributed by atoms with Gasteiger partial charge in [0.05, 0.1) is 16.7 Å². The van der Waals surface area contributed by atoms with E-state index in [-0.39, 0.29) is 29.5 Å². The highest BCUT2D eigenvalue weighted by Crippen LogP contribution is 2.22. The Labute approximate surface area is 183 Å². The lowest BCUT2D eigenvalue weighted by atomic mass is 9.96. The van der Waals surface area contributed by atoms with Crippen LogP contribution < -0.4 is 10.6 Å². The molecule has 0 saturated carbocycles. The van der Waals surface area contributed by atoms with Crippen LogP contribution in [0.15, 0.2) is 18.2 Å². The van der Waals surface area contributed by atoms with Gasteiger partial charge >= 0.3 is 0 Å². The number of carbonyl (C=O) groups is 2. The Hall–Kier alpha value is -2.52. The second-order valence-corrected chi connectivity index (χ2v) is 8.23. The fourth-order valence-electron chi connectivity index (χ4n) is 3.50. The number of carbonyl (C=O) groups excluding carboxylic acids is 2. The number of nitro benzene ring substituents is 1. The number of amides is 2. The molecular weight excluding hydrogens is 400 g/mol. The summed E-state index contributed by atoms with van der Waals surface area (Å²) in [7, 11) is 0. The van der Waals surface area contributed by atoms with Crippen molar-refractivity contribution in [1.82, 2.24) is 10.2 Å². The quantitative estimate of drug-likeness (QED) is 0.314. The summed E-state index contributed by atoms with van der Waals surface area (Å²) in [6.45, 7) is 9.20. The smallest absolute Gasteiger partial charge is 0.271 e. The van der Waals surface area contributed by atoms with Crippen LogP contribution in [0.5, 0.6) is 0 Å². The first-order valence-corrected chi connectivity index (χ1v) is 10.9. The van der Waals surface area contributed by atoms with E-state index in [2.05, 4.69) is 15.5 Å². The number of benzene rings is 1. The van der Waals surface area contributed by atoms with E-state index in [0.29, 0.717) is 31.8 Å². The van der Waals surface area contributed by atoms with Crippen molar-refractivity contribution in [3.63, 3.8) is 0 Å². The lowest BCUT2D eigenvalue weighted by Crippen LogP contribution is -2.41. The van der Waals surface area contributed by atoms with Crippen LogP contribution in [-0.4, -0.2) is 60.5 Å². The molecule has 1 heterocycles. The number of nitrogens with zero attached hydrogens (tertiary/aromatic N) is 2. The number of hydrogen-bond donors (Lipinski definition) is 2. The minimum atomic E-state index is -0.477. The Balaban J connectivity index is 1.66. The van der Waals surface area contributed by atoms with Gasteiger partial charge in [0.2, 0.25) is 11.8 Å². The molecule has 9 nitrogen and oxygen atoms in total. The number of nitro groups is 1. The molecule has 1 saturated heterocycles. The molecule has 31 heavy (non-hydrogen) atoms. The van der Waals surface area contributed by atoms with Gasteiger partial charge in [0.15, 0.2) is 0 Å². The number of nitrogens with one attached hydrogen (secondary N) is 2. The molecule has 172 valence electrons. The van der Waals surface area contributed by atoms with Crippen LogP contribution in [0, 0.1) is 23.0 Å². The van der Waals surface area contributed by atoms with Crippen molar-refractivity contribution in [1.29, 1.82) is 0 Å². The Morgan fingerprint density at radius 3 is 2.65 bits per heavy atom. The first-order valence-electron chi connectivity index (χ1n) is 10.9. The van der Waals surface area contributed by atoms with Crippen molar-refractivity contribution in [2.45, 2.75) is 52.6 Å². The van der Waals surface area contributed by atoms with Crippen molar-refractivity contribution < 1.29 is 19.2 Å². The zero-order chi connectivity index (χ0) is 22.8. The molecule has 0 bridgehead atoms. The lowest BCUT2D eigenvalue weighted by Gasteiger charge is -2.31. The van der Waals surface area contributed by atoms with E-state index in [1.54, 1.807) is 13.0 Å². The maximum atomic E-state index is 12.3. The highest BCUT2D eigenvalue weighted by molar-refractivity contribution is 5.92. The number of rotatable bonds is 11. The van der Waals surface area contributed by atoms with E-state index in [4.69, 9.17) is 4.74 Å². The summed E-state index contributed by atoms with van der Waals surface area (Å²) in [5.41, 5.74) is 1.20. The van der Waals surface area contributed by atoms with E-state index < -0.39 is 4.92 Å². The van der Waals surface area contributed by atoms with Gasteiger partial charge in [-0.3, -0.25) is 19.7 Å². The van der Waals surface area contributed by atoms with Gasteiger partial charge in [0.1, 0.15) is 0 Å². The molecule has 0 atom stereocenters. The molecule has 0 radical (unpaired) electrons. The van der Waals surface area contributed by atoms with E-state index in [1.807, 2.05) is 13.8 Å². The van der Waals surface area contributed by atoms with Crippen molar-refractivity contribution in [2.24, 2.45) is 5.92 Å². The van der Waals surface area contributed by atoms with Crippen LogP contribution in [0.25, 0.3) is 0 Å². The van der Waals surface area contributed by atoms with Gasteiger partial charge in [-0.2, -0.15) is 0 Å². The molecule has 2 amide bonds. The Morgan fingerprint density at radius 2 is 2.00 bits per heavy atom. The molecule has 1 aliphatic rings. The van der Waals surface area contributed by atoms with Gasteiger partial charge in [0.25, 0.3) is 5.69 Å². The molecule has 1 fully saturated rings. The average Bonchev–Trinajstić information content (AvgIpc) is 2.73. The SMILES string of the molecule is Cc1ccc([N+](=O)[O-])cc1NC(=O)CCN1CCC(C(=O)NCCCOC(C)C)CC1. The third-order valence-corrected chi connectivity index (χ3v) is 5.39. The van der Waals surface area contributed by atoms with Gasteiger partial charge in [-0.25, -0.2) is 0 Å². The highest BCUT2D eigenvalue weighted by atomic mass is 16.6. The van der Waals surface area contributed by atoms with Crippen LogP contribution in [0.3, 0.4) is 0 Å². The van der Waals surface area contributed by atoms with Crippen molar-refractivity contribution in [2.75, 3.05) is 38.1 Å². The summed E-state index contributed by atoms with van der Waals surface area (Å²) in [4.78, 5) is 37.2. The number of piperidine rings is 1. The van der Waals surface area contributed by atoms with E-state index in [9.17, 15) is 19.7 Å². The molecule has 1 aromatic carbocycles. The molecule has 1 aliphatic heterocycles. The Morgan fingerprint density at radius 1 is 1.29 bits per heavy atom. The number of anilines is 1. The van der Waals surface area contributed by atoms with Crippen LogP contribution >= 0.6 is 0 Å². The molecular formula is C22H34N4O5. The third kappa shape index (κ3) is 8.63. The molecule has 9 heteroatoms. The molecule has 1 aromatic rings. The zero-order valence-electron chi connectivity index (χ0n) is 18.7. The zero-order valence-corrected chi connectivity index (χ0v) is 18.7. The van der Waals surface area contributed by atoms with Gasteiger partial charge in [-0.1, -0.05) is 6.07 Å². The minimum Gasteiger partial charge on any atom is -0.379 e. The van der Waals surface area contributed by atoms with E-state index in [1.165, 1.54) is 12.1 Å². The van der Waals surface area contributed by atoms with E-state index >= 15 is 0 Å². The summed E-state index contributed by atoms with van der Waals surface area (Å²) in [6, 6.07) is 4.43. The Kier molecular flexibility index (Phi) is 9.87. The van der Waals surface area contributed by atoms with E-state index in [0.717, 1.165) is 37.9 Å². The maximum absolute atomic E-state index is 12.3. The number of hydrogen-bond acceptors (Lipinski definition) is 6. The average molecular weight is 435 g/mol. The molecule has 0 spiro atoms. The second-order valence-electron chi connectivity index (χ2n) is 8.23. The Bertz CT molecular complexity index is 760. The number of non-ortho nitro benzene ring substituents is 1. The van der Waals surface area contributed by atoms with Crippen LogP contribution in [-0.2, 0) is 14.3 Å². The summed E-state index contributed by atoms with van der Waals surface area (Å²) < 4.78 is 5.47. The number of likely N-dealkylation sites (tertiary alicyclic amines) is 1. The van der Waals surface area contributed by atoms with Crippen LogP contribution in [0.4, 0.5) is 11.4 Å². The van der Waals surface area contributed by atoms with Crippen molar-refractivity contribution >= 4 is 23.2 Å². The normalized spacial score (nSPS) is 15.1. The number of ether oxygens (including phenoxy) is 1. The lowest BCUT2D eigenvalue weighted by molar-refractivity contribution is -0.384. The van der Waals surface area contributed by atoms with Gasteiger partial charge < -0.3 is 20.3 Å². The number of aryl methyl sites for hydroxylation is 1. The molecule has 0 aromatic heterocycles. The second kappa shape index (κ2) is 12.4. The fourth-order valence-corrected chi connectivity index (χ4v) is 3.50. The van der Waals surface area contributed by atoms with Crippen LogP contribution in [0.2, 0.25) is 0 Å². The topological polar surface area (TPSA) is 114 Å². The first kappa shape index (κ1) is 24.7. The third-order valence-electron chi connectivity index (χ3n) is 5.39. The minimum absolute atomic E-state index is 0.0172. The monoisotopic (exact) mass is 434 g/mol. The fraction of sp³-hybridized carbons (Fsp3) is 0.636. The summed E-state index contributed by atoms with van der Waals surface area (Å²) in [5.74, 6) is -0.0567.